The Balaban J connectivity index is 2.19. The topological polar surface area (TPSA) is 25.8 Å². The van der Waals surface area contributed by atoms with E-state index in [0.29, 0.717) is 0 Å². The molecule has 0 aromatic heterocycles. The van der Waals surface area contributed by atoms with E-state index in [4.69, 9.17) is 4.74 Å². The van der Waals surface area contributed by atoms with Gasteiger partial charge in [0.25, 0.3) is 0 Å². The zero-order valence-corrected chi connectivity index (χ0v) is 13.1. The largest absolute Gasteiger partial charge is 0.493 e. The monoisotopic (exact) mass is 264 g/mol. The Bertz CT molecular complexity index is 351. The highest BCUT2D eigenvalue weighted by molar-refractivity contribution is 5.42. The highest BCUT2D eigenvalue weighted by Gasteiger charge is 2.04. The Kier molecular flexibility index (Phi) is 7.57. The summed E-state index contributed by atoms with van der Waals surface area (Å²) in [6, 6.07) is 4.39. The van der Waals surface area contributed by atoms with E-state index in [1.807, 2.05) is 0 Å². The molecule has 0 amide bonds. The van der Waals surface area contributed by atoms with Crippen molar-refractivity contribution in [1.29, 1.82) is 0 Å². The van der Waals surface area contributed by atoms with Gasteiger partial charge in [-0.2, -0.15) is 0 Å². The molecule has 19 heavy (non-hydrogen) atoms. The smallest absolute Gasteiger partial charge is 0.125 e. The minimum Gasteiger partial charge on any atom is -0.493 e. The lowest BCUT2D eigenvalue weighted by atomic mass is 10.1. The number of aryl methyl sites for hydroxylation is 3. The summed E-state index contributed by atoms with van der Waals surface area (Å²) in [7, 11) is 0. The molecule has 2 N–H and O–H groups in total. The van der Waals surface area contributed by atoms with Crippen molar-refractivity contribution >= 4 is 0 Å². The number of hydrogen-bond acceptors (Lipinski definition) is 1. The Morgan fingerprint density at radius 1 is 0.947 bits per heavy atom. The van der Waals surface area contributed by atoms with Crippen molar-refractivity contribution in [1.82, 2.24) is 0 Å². The van der Waals surface area contributed by atoms with Gasteiger partial charge >= 0.3 is 0 Å². The molecular formula is C17H30NO+. The lowest BCUT2D eigenvalue weighted by Crippen LogP contribution is -2.84. The lowest BCUT2D eigenvalue weighted by molar-refractivity contribution is -0.655. The maximum Gasteiger partial charge on any atom is 0.125 e. The van der Waals surface area contributed by atoms with Gasteiger partial charge in [-0.1, -0.05) is 31.0 Å². The van der Waals surface area contributed by atoms with Gasteiger partial charge in [0.1, 0.15) is 5.75 Å². The average Bonchev–Trinajstić information content (AvgIpc) is 2.35. The second-order valence-electron chi connectivity index (χ2n) is 5.50. The van der Waals surface area contributed by atoms with Crippen LogP contribution in [-0.2, 0) is 0 Å². The Morgan fingerprint density at radius 2 is 1.58 bits per heavy atom. The highest BCUT2D eigenvalue weighted by Crippen LogP contribution is 2.24. The van der Waals surface area contributed by atoms with E-state index in [0.717, 1.165) is 18.8 Å². The molecule has 0 aliphatic carbocycles. The van der Waals surface area contributed by atoms with Crippen molar-refractivity contribution in [3.63, 3.8) is 0 Å². The standard InChI is InChI=1S/C17H29NO/c1-5-6-9-18-10-7-8-11-19-17-15(3)12-14(2)13-16(17)4/h12-13,18H,5-11H2,1-4H3/p+1. The first-order valence-corrected chi connectivity index (χ1v) is 7.67. The number of benzene rings is 1. The van der Waals surface area contributed by atoms with Crippen LogP contribution in [0.5, 0.6) is 5.75 Å². The van der Waals surface area contributed by atoms with E-state index in [2.05, 4.69) is 45.1 Å². The fourth-order valence-corrected chi connectivity index (χ4v) is 2.45. The summed E-state index contributed by atoms with van der Waals surface area (Å²) in [5, 5.41) is 2.42. The van der Waals surface area contributed by atoms with Gasteiger partial charge < -0.3 is 10.1 Å². The van der Waals surface area contributed by atoms with Crippen LogP contribution in [0.4, 0.5) is 0 Å². The highest BCUT2D eigenvalue weighted by atomic mass is 16.5. The SMILES string of the molecule is CCCC[NH2+]CCCCOc1c(C)cc(C)cc1C. The molecule has 0 fully saturated rings. The van der Waals surface area contributed by atoms with Crippen LogP contribution in [0.3, 0.4) is 0 Å². The first-order chi connectivity index (χ1) is 9.15. The predicted molar refractivity (Wildman–Crippen MR) is 81.9 cm³/mol. The Morgan fingerprint density at radius 3 is 2.21 bits per heavy atom. The molecule has 0 atom stereocenters. The van der Waals surface area contributed by atoms with Crippen molar-refractivity contribution in [3.05, 3.63) is 28.8 Å². The summed E-state index contributed by atoms with van der Waals surface area (Å²) in [5.74, 6) is 1.08. The predicted octanol–water partition coefficient (Wildman–Crippen LogP) is 3.13. The van der Waals surface area contributed by atoms with Crippen LogP contribution in [0.2, 0.25) is 0 Å². The van der Waals surface area contributed by atoms with E-state index in [-0.39, 0.29) is 0 Å². The Labute approximate surface area is 118 Å². The first kappa shape index (κ1) is 16.0. The van der Waals surface area contributed by atoms with Crippen LogP contribution < -0.4 is 10.1 Å². The molecule has 1 aromatic rings. The molecule has 1 aromatic carbocycles. The maximum absolute atomic E-state index is 5.94. The second-order valence-corrected chi connectivity index (χ2v) is 5.50. The van der Waals surface area contributed by atoms with Gasteiger partial charge in [0, 0.05) is 0 Å². The number of hydrogen-bond donors (Lipinski definition) is 1. The number of unbranched alkanes of at least 4 members (excludes halogenated alkanes) is 2. The molecule has 0 radical (unpaired) electrons. The average molecular weight is 264 g/mol. The van der Waals surface area contributed by atoms with Crippen molar-refractivity contribution in [3.8, 4) is 5.75 Å². The van der Waals surface area contributed by atoms with E-state index >= 15 is 0 Å². The second kappa shape index (κ2) is 8.98. The van der Waals surface area contributed by atoms with Crippen LogP contribution in [0.25, 0.3) is 0 Å². The number of nitrogens with two attached hydrogens (primary N) is 1. The molecule has 0 saturated carbocycles. The molecule has 108 valence electrons. The maximum atomic E-state index is 5.94. The summed E-state index contributed by atoms with van der Waals surface area (Å²) >= 11 is 0. The van der Waals surface area contributed by atoms with Crippen molar-refractivity contribution in [2.24, 2.45) is 0 Å². The van der Waals surface area contributed by atoms with E-state index < -0.39 is 0 Å². The molecule has 0 aliphatic rings. The molecule has 0 heterocycles. The molecule has 1 rings (SSSR count). The molecule has 0 unspecified atom stereocenters. The van der Waals surface area contributed by atoms with E-state index in [1.54, 1.807) is 0 Å². The third-order valence-corrected chi connectivity index (χ3v) is 3.42. The molecule has 0 aliphatic heterocycles. The van der Waals surface area contributed by atoms with Gasteiger partial charge in [-0.05, 0) is 51.2 Å². The summed E-state index contributed by atoms with van der Waals surface area (Å²) < 4.78 is 5.94. The number of rotatable bonds is 9. The minimum absolute atomic E-state index is 0.840. The third kappa shape index (κ3) is 6.11. The number of quaternary nitrogens is 1. The summed E-state index contributed by atoms with van der Waals surface area (Å²) in [6.45, 7) is 12.0. The van der Waals surface area contributed by atoms with Crippen molar-refractivity contribution in [2.45, 2.75) is 53.4 Å². The summed E-state index contributed by atoms with van der Waals surface area (Å²) in [4.78, 5) is 0. The fraction of sp³-hybridized carbons (Fsp3) is 0.647. The zero-order chi connectivity index (χ0) is 14.1. The quantitative estimate of drug-likeness (QED) is 0.681. The molecule has 0 spiro atoms. The van der Waals surface area contributed by atoms with Crippen LogP contribution >= 0.6 is 0 Å². The number of ether oxygens (including phenoxy) is 1. The van der Waals surface area contributed by atoms with Gasteiger partial charge in [0.2, 0.25) is 0 Å². The van der Waals surface area contributed by atoms with Crippen LogP contribution in [0.15, 0.2) is 12.1 Å². The van der Waals surface area contributed by atoms with Crippen LogP contribution in [-0.4, -0.2) is 19.7 Å². The zero-order valence-electron chi connectivity index (χ0n) is 13.1. The first-order valence-electron chi connectivity index (χ1n) is 7.67. The Hall–Kier alpha value is -1.02. The summed E-state index contributed by atoms with van der Waals surface area (Å²) in [6.07, 6.45) is 5.02. The minimum atomic E-state index is 0.840. The van der Waals surface area contributed by atoms with Gasteiger partial charge in [-0.15, -0.1) is 0 Å². The molecule has 2 nitrogen and oxygen atoms in total. The molecule has 2 heteroatoms. The third-order valence-electron chi connectivity index (χ3n) is 3.42. The van der Waals surface area contributed by atoms with E-state index in [1.165, 1.54) is 49.0 Å². The van der Waals surface area contributed by atoms with Gasteiger partial charge in [-0.3, -0.25) is 0 Å². The fourth-order valence-electron chi connectivity index (χ4n) is 2.45. The molecular weight excluding hydrogens is 234 g/mol. The van der Waals surface area contributed by atoms with Crippen LogP contribution in [0.1, 0.15) is 49.3 Å². The van der Waals surface area contributed by atoms with Crippen molar-refractivity contribution < 1.29 is 10.1 Å². The van der Waals surface area contributed by atoms with Gasteiger partial charge in [0.15, 0.2) is 0 Å². The van der Waals surface area contributed by atoms with Gasteiger partial charge in [0.05, 0.1) is 19.7 Å². The van der Waals surface area contributed by atoms with E-state index in [9.17, 15) is 0 Å². The normalized spacial score (nSPS) is 10.7. The van der Waals surface area contributed by atoms with Crippen molar-refractivity contribution in [2.75, 3.05) is 19.7 Å². The molecule has 0 bridgehead atoms. The lowest BCUT2D eigenvalue weighted by Gasteiger charge is -2.12. The van der Waals surface area contributed by atoms with Crippen LogP contribution in [0, 0.1) is 20.8 Å². The molecule has 0 saturated heterocycles. The van der Waals surface area contributed by atoms with Gasteiger partial charge in [-0.25, -0.2) is 0 Å². The summed E-state index contributed by atoms with van der Waals surface area (Å²) in [5.41, 5.74) is 3.83.